The second-order valence-corrected chi connectivity index (χ2v) is 3.42. The Morgan fingerprint density at radius 1 is 1.57 bits per heavy atom. The first-order valence-corrected chi connectivity index (χ1v) is 4.65. The molecule has 1 aromatic carbocycles. The van der Waals surface area contributed by atoms with Crippen molar-refractivity contribution < 1.29 is 4.79 Å². The SMILES string of the molecule is CNC(=O)Nc1cc(Br)ccc1C#N. The molecule has 14 heavy (non-hydrogen) atoms. The summed E-state index contributed by atoms with van der Waals surface area (Å²) < 4.78 is 0.808. The third-order valence-corrected chi connectivity index (χ3v) is 2.07. The molecule has 0 aliphatic heterocycles. The zero-order chi connectivity index (χ0) is 10.6. The second kappa shape index (κ2) is 4.63. The number of anilines is 1. The Balaban J connectivity index is 3.00. The van der Waals surface area contributed by atoms with Gasteiger partial charge < -0.3 is 10.6 Å². The van der Waals surface area contributed by atoms with Crippen molar-refractivity contribution in [3.8, 4) is 6.07 Å². The van der Waals surface area contributed by atoms with Crippen LogP contribution in [0.15, 0.2) is 22.7 Å². The summed E-state index contributed by atoms with van der Waals surface area (Å²) in [5.74, 6) is 0. The third kappa shape index (κ3) is 2.47. The zero-order valence-electron chi connectivity index (χ0n) is 7.47. The summed E-state index contributed by atoms with van der Waals surface area (Å²) in [5.41, 5.74) is 0.915. The lowest BCUT2D eigenvalue weighted by Crippen LogP contribution is -2.24. The van der Waals surface area contributed by atoms with Crippen LogP contribution in [0.4, 0.5) is 10.5 Å². The van der Waals surface area contributed by atoms with Crippen LogP contribution in [0.5, 0.6) is 0 Å². The van der Waals surface area contributed by atoms with E-state index in [2.05, 4.69) is 26.6 Å². The van der Waals surface area contributed by atoms with Crippen LogP contribution in [0.3, 0.4) is 0 Å². The highest BCUT2D eigenvalue weighted by atomic mass is 79.9. The van der Waals surface area contributed by atoms with Crippen molar-refractivity contribution >= 4 is 27.6 Å². The lowest BCUT2D eigenvalue weighted by atomic mass is 10.2. The first kappa shape index (κ1) is 10.5. The Morgan fingerprint density at radius 2 is 2.29 bits per heavy atom. The van der Waals surface area contributed by atoms with E-state index in [0.717, 1.165) is 4.47 Å². The van der Waals surface area contributed by atoms with E-state index in [1.807, 2.05) is 6.07 Å². The average Bonchev–Trinajstić information content (AvgIpc) is 2.18. The first-order chi connectivity index (χ1) is 6.67. The summed E-state index contributed by atoms with van der Waals surface area (Å²) in [5, 5.41) is 13.7. The number of hydrogen-bond acceptors (Lipinski definition) is 2. The second-order valence-electron chi connectivity index (χ2n) is 2.51. The Morgan fingerprint density at radius 3 is 2.86 bits per heavy atom. The summed E-state index contributed by atoms with van der Waals surface area (Å²) in [7, 11) is 1.51. The van der Waals surface area contributed by atoms with Gasteiger partial charge in [0.05, 0.1) is 11.3 Å². The molecule has 5 heteroatoms. The number of nitriles is 1. The number of amides is 2. The number of nitrogens with zero attached hydrogens (tertiary/aromatic N) is 1. The summed E-state index contributed by atoms with van der Waals surface area (Å²) in [4.78, 5) is 11.0. The smallest absolute Gasteiger partial charge is 0.319 e. The molecule has 0 aliphatic rings. The number of benzene rings is 1. The van der Waals surface area contributed by atoms with Crippen LogP contribution in [-0.4, -0.2) is 13.1 Å². The minimum Gasteiger partial charge on any atom is -0.341 e. The van der Waals surface area contributed by atoms with Crippen LogP contribution >= 0.6 is 15.9 Å². The largest absolute Gasteiger partial charge is 0.341 e. The number of carbonyl (C=O) groups is 1. The molecule has 0 saturated carbocycles. The average molecular weight is 254 g/mol. The van der Waals surface area contributed by atoms with Crippen molar-refractivity contribution in [1.82, 2.24) is 5.32 Å². The number of rotatable bonds is 1. The summed E-state index contributed by atoms with van der Waals surface area (Å²) in [6, 6.07) is 6.69. The number of hydrogen-bond donors (Lipinski definition) is 2. The predicted molar refractivity (Wildman–Crippen MR) is 56.9 cm³/mol. The van der Waals surface area contributed by atoms with Gasteiger partial charge in [0.25, 0.3) is 0 Å². The highest BCUT2D eigenvalue weighted by Crippen LogP contribution is 2.20. The molecule has 2 N–H and O–H groups in total. The number of halogens is 1. The van der Waals surface area contributed by atoms with Crippen LogP contribution in [0.1, 0.15) is 5.56 Å². The molecule has 0 heterocycles. The van der Waals surface area contributed by atoms with Gasteiger partial charge in [-0.15, -0.1) is 0 Å². The van der Waals surface area contributed by atoms with Crippen LogP contribution in [0.2, 0.25) is 0 Å². The van der Waals surface area contributed by atoms with E-state index in [-0.39, 0.29) is 6.03 Å². The van der Waals surface area contributed by atoms with Crippen molar-refractivity contribution in [3.05, 3.63) is 28.2 Å². The Hall–Kier alpha value is -1.54. The maximum atomic E-state index is 11.0. The molecule has 72 valence electrons. The molecule has 2 amide bonds. The van der Waals surface area contributed by atoms with Gasteiger partial charge in [-0.1, -0.05) is 15.9 Å². The molecule has 4 nitrogen and oxygen atoms in total. The van der Waals surface area contributed by atoms with Gasteiger partial charge in [0.15, 0.2) is 0 Å². The number of nitrogens with one attached hydrogen (secondary N) is 2. The summed E-state index contributed by atoms with van der Waals surface area (Å²) in [6.07, 6.45) is 0. The van der Waals surface area contributed by atoms with Gasteiger partial charge in [-0.2, -0.15) is 5.26 Å². The Labute approximate surface area is 90.0 Å². The molecule has 0 spiro atoms. The van der Waals surface area contributed by atoms with Gasteiger partial charge in [0.2, 0.25) is 0 Å². The zero-order valence-corrected chi connectivity index (χ0v) is 9.05. The maximum absolute atomic E-state index is 11.0. The highest BCUT2D eigenvalue weighted by Gasteiger charge is 2.05. The molecule has 0 atom stereocenters. The monoisotopic (exact) mass is 253 g/mol. The fraction of sp³-hybridized carbons (Fsp3) is 0.111. The fourth-order valence-corrected chi connectivity index (χ4v) is 1.26. The van der Waals surface area contributed by atoms with Crippen LogP contribution in [0, 0.1) is 11.3 Å². The summed E-state index contributed by atoms with van der Waals surface area (Å²) >= 11 is 3.26. The Bertz CT molecular complexity index is 398. The lowest BCUT2D eigenvalue weighted by Gasteiger charge is -2.06. The van der Waals surface area contributed by atoms with Gasteiger partial charge in [0.1, 0.15) is 6.07 Å². The minimum atomic E-state index is -0.348. The topological polar surface area (TPSA) is 64.9 Å². The number of urea groups is 1. The van der Waals surface area contributed by atoms with Crippen LogP contribution in [0.25, 0.3) is 0 Å². The molecule has 0 saturated heterocycles. The third-order valence-electron chi connectivity index (χ3n) is 1.58. The van der Waals surface area contributed by atoms with Gasteiger partial charge in [0, 0.05) is 11.5 Å². The maximum Gasteiger partial charge on any atom is 0.319 e. The molecule has 0 aromatic heterocycles. The van der Waals surface area contributed by atoms with E-state index in [1.165, 1.54) is 7.05 Å². The van der Waals surface area contributed by atoms with Crippen molar-refractivity contribution in [2.75, 3.05) is 12.4 Å². The summed E-state index contributed by atoms with van der Waals surface area (Å²) in [6.45, 7) is 0. The van der Waals surface area contributed by atoms with Crippen molar-refractivity contribution in [2.45, 2.75) is 0 Å². The first-order valence-electron chi connectivity index (χ1n) is 3.85. The van der Waals surface area contributed by atoms with Crippen LogP contribution < -0.4 is 10.6 Å². The molecule has 0 unspecified atom stereocenters. The van der Waals surface area contributed by atoms with Crippen LogP contribution in [-0.2, 0) is 0 Å². The van der Waals surface area contributed by atoms with Gasteiger partial charge >= 0.3 is 6.03 Å². The van der Waals surface area contributed by atoms with E-state index in [4.69, 9.17) is 5.26 Å². The molecule has 0 aliphatic carbocycles. The molecular formula is C9H8BrN3O. The molecule has 0 radical (unpaired) electrons. The van der Waals surface area contributed by atoms with Crippen molar-refractivity contribution in [3.63, 3.8) is 0 Å². The molecule has 0 fully saturated rings. The van der Waals surface area contributed by atoms with Gasteiger partial charge in [-0.25, -0.2) is 4.79 Å². The van der Waals surface area contributed by atoms with E-state index < -0.39 is 0 Å². The van der Waals surface area contributed by atoms with E-state index >= 15 is 0 Å². The normalized spacial score (nSPS) is 8.93. The fourth-order valence-electron chi connectivity index (χ4n) is 0.902. The van der Waals surface area contributed by atoms with E-state index in [9.17, 15) is 4.79 Å². The van der Waals surface area contributed by atoms with Gasteiger partial charge in [-0.3, -0.25) is 0 Å². The molecule has 0 bridgehead atoms. The molecular weight excluding hydrogens is 246 g/mol. The van der Waals surface area contributed by atoms with E-state index in [0.29, 0.717) is 11.3 Å². The number of carbonyl (C=O) groups excluding carboxylic acids is 1. The predicted octanol–water partition coefficient (Wildman–Crippen LogP) is 2.07. The standard InChI is InChI=1S/C9H8BrN3O/c1-12-9(14)13-8-4-7(10)3-2-6(8)5-11/h2-4H,1H3,(H2,12,13,14). The van der Waals surface area contributed by atoms with Crippen molar-refractivity contribution in [1.29, 1.82) is 5.26 Å². The van der Waals surface area contributed by atoms with E-state index in [1.54, 1.807) is 18.2 Å². The molecule has 1 rings (SSSR count). The quantitative estimate of drug-likeness (QED) is 0.805. The highest BCUT2D eigenvalue weighted by molar-refractivity contribution is 9.10. The Kier molecular flexibility index (Phi) is 3.48. The minimum absolute atomic E-state index is 0.348. The van der Waals surface area contributed by atoms with Gasteiger partial charge in [-0.05, 0) is 18.2 Å². The lowest BCUT2D eigenvalue weighted by molar-refractivity contribution is 0.254. The molecule has 1 aromatic rings. The van der Waals surface area contributed by atoms with Crippen molar-refractivity contribution in [2.24, 2.45) is 0 Å².